The molecule has 0 aliphatic carbocycles. The fourth-order valence-corrected chi connectivity index (χ4v) is 4.74. The lowest BCUT2D eigenvalue weighted by molar-refractivity contribution is 0.0138. The van der Waals surface area contributed by atoms with Gasteiger partial charge in [0.1, 0.15) is 0 Å². The molecule has 1 heterocycles. The lowest BCUT2D eigenvalue weighted by atomic mass is 10.0. The largest absolute Gasteiger partial charge is 0.490 e. The molecule has 1 aliphatic rings. The Hall–Kier alpha value is 0.370. The third kappa shape index (κ3) is 7.45. The van der Waals surface area contributed by atoms with Crippen molar-refractivity contribution in [1.29, 1.82) is 0 Å². The number of rotatable bonds is 7. The smallest absolute Gasteiger partial charge is 0.373 e. The second-order valence-corrected chi connectivity index (χ2v) is 8.98. The van der Waals surface area contributed by atoms with Gasteiger partial charge < -0.3 is 24.3 Å². The van der Waals surface area contributed by atoms with Gasteiger partial charge in [0.15, 0.2) is 0 Å². The van der Waals surface area contributed by atoms with Crippen LogP contribution in [0.25, 0.3) is 0 Å². The van der Waals surface area contributed by atoms with Crippen LogP contribution in [0.4, 0.5) is 0 Å². The summed E-state index contributed by atoms with van der Waals surface area (Å²) in [5.74, 6) is 0.208. The van der Waals surface area contributed by atoms with Crippen molar-refractivity contribution in [1.82, 2.24) is 0 Å². The number of phosphoric acid groups is 3. The number of ether oxygens (including phenoxy) is 1. The van der Waals surface area contributed by atoms with Gasteiger partial charge in [0.05, 0.1) is 18.8 Å². The SMILES string of the molecule is CC1C[C@@H](COP(=O)(O)OP(=O)(O)OP(=O)(O)O)O[C@H]1C. The molecule has 0 amide bonds. The first-order valence-corrected chi connectivity index (χ1v) is 10.3. The molecule has 1 rings (SSSR count). The van der Waals surface area contributed by atoms with Gasteiger partial charge in [0.25, 0.3) is 0 Å². The van der Waals surface area contributed by atoms with E-state index in [1.54, 1.807) is 0 Å². The summed E-state index contributed by atoms with van der Waals surface area (Å²) in [6.07, 6.45) is -0.0175. The monoisotopic (exact) mass is 370 g/mol. The van der Waals surface area contributed by atoms with E-state index in [0.717, 1.165) is 0 Å². The third-order valence-corrected chi connectivity index (χ3v) is 6.49. The molecule has 4 N–H and O–H groups in total. The van der Waals surface area contributed by atoms with E-state index in [1.165, 1.54) is 0 Å². The highest BCUT2D eigenvalue weighted by Crippen LogP contribution is 2.66. The van der Waals surface area contributed by atoms with Crippen molar-refractivity contribution >= 4 is 23.5 Å². The van der Waals surface area contributed by atoms with Gasteiger partial charge in [-0.15, -0.1) is 0 Å². The summed E-state index contributed by atoms with van der Waals surface area (Å²) in [5.41, 5.74) is 0. The molecule has 5 atom stereocenters. The maximum absolute atomic E-state index is 11.4. The van der Waals surface area contributed by atoms with Gasteiger partial charge >= 0.3 is 23.5 Å². The van der Waals surface area contributed by atoms with Crippen LogP contribution in [0, 0.1) is 5.92 Å². The van der Waals surface area contributed by atoms with Gasteiger partial charge in [-0.2, -0.15) is 8.62 Å². The Bertz CT molecular complexity index is 490. The first-order chi connectivity index (χ1) is 9.30. The van der Waals surface area contributed by atoms with E-state index in [-0.39, 0.29) is 12.0 Å². The molecule has 0 aromatic rings. The normalized spacial score (nSPS) is 32.6. The van der Waals surface area contributed by atoms with Crippen LogP contribution >= 0.6 is 23.5 Å². The molecule has 0 aromatic heterocycles. The maximum atomic E-state index is 11.4. The molecular formula is C7H17O11P3. The lowest BCUT2D eigenvalue weighted by Gasteiger charge is -2.17. The molecule has 126 valence electrons. The van der Waals surface area contributed by atoms with Crippen LogP contribution in [0.2, 0.25) is 0 Å². The summed E-state index contributed by atoms with van der Waals surface area (Å²) in [4.78, 5) is 34.9. The molecule has 3 unspecified atom stereocenters. The molecule has 0 spiro atoms. The van der Waals surface area contributed by atoms with Crippen molar-refractivity contribution < 1.29 is 51.2 Å². The van der Waals surface area contributed by atoms with Crippen LogP contribution in [-0.4, -0.2) is 38.4 Å². The first-order valence-electron chi connectivity index (χ1n) is 5.73. The van der Waals surface area contributed by atoms with Crippen LogP contribution in [0.5, 0.6) is 0 Å². The van der Waals surface area contributed by atoms with Crippen LogP contribution in [0.1, 0.15) is 20.3 Å². The molecule has 11 nitrogen and oxygen atoms in total. The fraction of sp³-hybridized carbons (Fsp3) is 1.00. The Balaban J connectivity index is 2.52. The highest BCUT2D eigenvalue weighted by Gasteiger charge is 2.41. The number of hydrogen-bond acceptors (Lipinski definition) is 7. The molecular weight excluding hydrogens is 353 g/mol. The second-order valence-electron chi connectivity index (χ2n) is 4.56. The predicted molar refractivity (Wildman–Crippen MR) is 67.9 cm³/mol. The molecule has 0 bridgehead atoms. The minimum absolute atomic E-state index is 0.0699. The quantitative estimate of drug-likeness (QED) is 0.474. The minimum Gasteiger partial charge on any atom is -0.373 e. The van der Waals surface area contributed by atoms with Gasteiger partial charge in [-0.05, 0) is 19.3 Å². The van der Waals surface area contributed by atoms with Crippen LogP contribution in [0.15, 0.2) is 0 Å². The first kappa shape index (κ1) is 19.4. The molecule has 14 heteroatoms. The van der Waals surface area contributed by atoms with Gasteiger partial charge in [-0.3, -0.25) is 4.52 Å². The summed E-state index contributed by atoms with van der Waals surface area (Å²) in [6, 6.07) is 0. The predicted octanol–water partition coefficient (Wildman–Crippen LogP) is 1.14. The van der Waals surface area contributed by atoms with Gasteiger partial charge in [-0.25, -0.2) is 13.7 Å². The van der Waals surface area contributed by atoms with Crippen LogP contribution in [-0.2, 0) is 31.6 Å². The molecule has 1 fully saturated rings. The van der Waals surface area contributed by atoms with Gasteiger partial charge in [0, 0.05) is 0 Å². The summed E-state index contributed by atoms with van der Waals surface area (Å²) in [7, 11) is -15.9. The Labute approximate surface area is 120 Å². The summed E-state index contributed by atoms with van der Waals surface area (Å²) >= 11 is 0. The van der Waals surface area contributed by atoms with E-state index >= 15 is 0 Å². The Morgan fingerprint density at radius 2 is 1.62 bits per heavy atom. The fourth-order valence-electron chi connectivity index (χ4n) is 1.69. The van der Waals surface area contributed by atoms with E-state index in [2.05, 4.69) is 13.1 Å². The van der Waals surface area contributed by atoms with Crippen LogP contribution in [0.3, 0.4) is 0 Å². The summed E-state index contributed by atoms with van der Waals surface area (Å²) < 4.78 is 49.9. The summed E-state index contributed by atoms with van der Waals surface area (Å²) in [5, 5.41) is 0. The topological polar surface area (TPSA) is 169 Å². The van der Waals surface area contributed by atoms with E-state index in [0.29, 0.717) is 6.42 Å². The second kappa shape index (κ2) is 6.86. The lowest BCUT2D eigenvalue weighted by Crippen LogP contribution is -2.15. The van der Waals surface area contributed by atoms with Gasteiger partial charge in [-0.1, -0.05) is 6.92 Å². The highest BCUT2D eigenvalue weighted by molar-refractivity contribution is 7.66. The minimum atomic E-state index is -5.46. The average molecular weight is 370 g/mol. The Morgan fingerprint density at radius 3 is 2.05 bits per heavy atom. The standard InChI is InChI=1S/C7H17O11P3/c1-5-3-7(16-6(5)2)4-15-20(11,12)18-21(13,14)17-19(8,9)10/h5-7H,3-4H2,1-2H3,(H,11,12)(H,13,14)(H2,8,9,10)/t5?,6-,7-/m0/s1. The molecule has 1 saturated heterocycles. The van der Waals surface area contributed by atoms with Crippen molar-refractivity contribution in [2.45, 2.75) is 32.5 Å². The van der Waals surface area contributed by atoms with E-state index in [9.17, 15) is 18.6 Å². The van der Waals surface area contributed by atoms with Gasteiger partial charge in [0.2, 0.25) is 0 Å². The molecule has 0 radical (unpaired) electrons. The molecule has 21 heavy (non-hydrogen) atoms. The van der Waals surface area contributed by atoms with Crippen molar-refractivity contribution in [2.24, 2.45) is 5.92 Å². The van der Waals surface area contributed by atoms with Crippen molar-refractivity contribution in [3.63, 3.8) is 0 Å². The van der Waals surface area contributed by atoms with Crippen molar-refractivity contribution in [3.8, 4) is 0 Å². The third-order valence-electron chi connectivity index (χ3n) is 2.68. The average Bonchev–Trinajstić information content (AvgIpc) is 2.50. The van der Waals surface area contributed by atoms with E-state index in [4.69, 9.17) is 19.4 Å². The molecule has 0 aromatic carbocycles. The zero-order chi connectivity index (χ0) is 16.5. The highest BCUT2D eigenvalue weighted by atomic mass is 31.3. The maximum Gasteiger partial charge on any atom is 0.490 e. The summed E-state index contributed by atoms with van der Waals surface area (Å²) in [6.45, 7) is 3.34. The Kier molecular flexibility index (Phi) is 6.35. The number of hydrogen-bond donors (Lipinski definition) is 4. The van der Waals surface area contributed by atoms with E-state index < -0.39 is 36.2 Å². The zero-order valence-corrected chi connectivity index (χ0v) is 13.8. The van der Waals surface area contributed by atoms with Crippen molar-refractivity contribution in [3.05, 3.63) is 0 Å². The number of phosphoric ester groups is 1. The van der Waals surface area contributed by atoms with Crippen LogP contribution < -0.4 is 0 Å². The Morgan fingerprint density at radius 1 is 1.05 bits per heavy atom. The van der Waals surface area contributed by atoms with E-state index in [1.807, 2.05) is 13.8 Å². The molecule has 0 saturated carbocycles. The molecule has 1 aliphatic heterocycles. The zero-order valence-electron chi connectivity index (χ0n) is 11.1. The van der Waals surface area contributed by atoms with Crippen molar-refractivity contribution in [2.75, 3.05) is 6.61 Å².